The van der Waals surface area contributed by atoms with E-state index >= 15 is 0 Å². The number of nitrogens with zero attached hydrogens (tertiary/aromatic N) is 2. The van der Waals surface area contributed by atoms with Gasteiger partial charge in [0.25, 0.3) is 0 Å². The lowest BCUT2D eigenvalue weighted by atomic mass is 9.97. The fourth-order valence-corrected chi connectivity index (χ4v) is 8.71. The summed E-state index contributed by atoms with van der Waals surface area (Å²) in [6, 6.07) is 83.6. The van der Waals surface area contributed by atoms with E-state index in [0.29, 0.717) is 0 Å². The van der Waals surface area contributed by atoms with Gasteiger partial charge in [0, 0.05) is 33.5 Å². The highest BCUT2D eigenvalue weighted by Gasteiger charge is 2.16. The van der Waals surface area contributed by atoms with Gasteiger partial charge >= 0.3 is 0 Å². The van der Waals surface area contributed by atoms with Crippen LogP contribution in [0, 0.1) is 0 Å². The predicted octanol–water partition coefficient (Wildman–Crippen LogP) is 15.6. The summed E-state index contributed by atoms with van der Waals surface area (Å²) in [5.74, 6) is 0. The summed E-state index contributed by atoms with van der Waals surface area (Å²) >= 11 is 0. The van der Waals surface area contributed by atoms with Crippen LogP contribution in [0.3, 0.4) is 0 Å². The van der Waals surface area contributed by atoms with Gasteiger partial charge in [0.15, 0.2) is 0 Å². The molecular weight excluding hydrogens is 701 g/mol. The van der Waals surface area contributed by atoms with Crippen molar-refractivity contribution < 1.29 is 0 Å². The van der Waals surface area contributed by atoms with E-state index < -0.39 is 0 Å². The Morgan fingerprint density at radius 1 is 0.276 bits per heavy atom. The normalized spacial score (nSPS) is 11.4. The topological polar surface area (TPSA) is 8.17 Å². The van der Waals surface area contributed by atoms with Gasteiger partial charge < -0.3 is 9.47 Å². The van der Waals surface area contributed by atoms with Gasteiger partial charge in [-0.25, -0.2) is 0 Å². The van der Waals surface area contributed by atoms with Crippen molar-refractivity contribution in [2.24, 2.45) is 0 Å². The van der Waals surface area contributed by atoms with Crippen LogP contribution in [-0.2, 0) is 0 Å². The number of hydrogen-bond donors (Lipinski definition) is 0. The van der Waals surface area contributed by atoms with Crippen LogP contribution in [0.15, 0.2) is 231 Å². The molecule has 0 aliphatic rings. The average Bonchev–Trinajstić information content (AvgIpc) is 3.62. The number of anilines is 3. The summed E-state index contributed by atoms with van der Waals surface area (Å²) in [5, 5.41) is 7.55. The van der Waals surface area contributed by atoms with Crippen LogP contribution in [0.5, 0.6) is 0 Å². The largest absolute Gasteiger partial charge is 0.310 e. The Hall–Kier alpha value is -7.68. The van der Waals surface area contributed by atoms with Crippen LogP contribution in [0.4, 0.5) is 17.1 Å². The molecular formula is C56H38N2. The molecule has 0 amide bonds. The second kappa shape index (κ2) is 14.1. The molecule has 0 atom stereocenters. The third-order valence-electron chi connectivity index (χ3n) is 11.6. The Morgan fingerprint density at radius 3 is 1.50 bits per heavy atom. The van der Waals surface area contributed by atoms with Crippen LogP contribution in [0.2, 0.25) is 0 Å². The maximum absolute atomic E-state index is 2.40. The zero-order valence-electron chi connectivity index (χ0n) is 31.8. The van der Waals surface area contributed by atoms with Crippen LogP contribution >= 0.6 is 0 Å². The molecule has 2 heteroatoms. The lowest BCUT2D eigenvalue weighted by Gasteiger charge is -2.26. The Morgan fingerprint density at radius 2 is 0.793 bits per heavy atom. The van der Waals surface area contributed by atoms with Crippen molar-refractivity contribution in [3.63, 3.8) is 0 Å². The smallest absolute Gasteiger partial charge is 0.0547 e. The molecule has 0 saturated carbocycles. The predicted molar refractivity (Wildman–Crippen MR) is 247 cm³/mol. The third kappa shape index (κ3) is 5.91. The molecule has 0 spiro atoms. The SMILES string of the molecule is c1ccc(-c2ccc(N(c3ccc(-c4ccc(-n5c6ccccc6c6cc7ccccc7cc65)cc4)cc3)c3cccc(-c4cccc5ccccc45)c3)cc2)cc1. The van der Waals surface area contributed by atoms with Crippen LogP contribution < -0.4 is 4.90 Å². The Kier molecular flexibility index (Phi) is 8.19. The fourth-order valence-electron chi connectivity index (χ4n) is 8.71. The molecule has 1 heterocycles. The molecule has 272 valence electrons. The van der Waals surface area contributed by atoms with E-state index in [0.717, 1.165) is 22.7 Å². The zero-order chi connectivity index (χ0) is 38.4. The lowest BCUT2D eigenvalue weighted by Crippen LogP contribution is -2.10. The maximum Gasteiger partial charge on any atom is 0.0547 e. The summed E-state index contributed by atoms with van der Waals surface area (Å²) < 4.78 is 2.40. The van der Waals surface area contributed by atoms with Gasteiger partial charge in [0.1, 0.15) is 0 Å². The molecule has 10 aromatic carbocycles. The van der Waals surface area contributed by atoms with E-state index in [1.54, 1.807) is 0 Å². The standard InChI is InChI=1S/C56H38N2/c1-2-12-39(13-3-1)40-24-30-47(31-25-40)57(50-19-10-18-46(36-50)52-22-11-17-43-14-6-7-20-51(43)52)48-32-26-41(27-33-48)42-28-34-49(35-29-42)58-55-23-9-8-21-53(55)54-37-44-15-4-5-16-45(44)38-56(54)58/h1-38H. The monoisotopic (exact) mass is 738 g/mol. The van der Waals surface area contributed by atoms with Gasteiger partial charge in [-0.05, 0) is 122 Å². The number of rotatable bonds is 7. The number of para-hydroxylation sites is 1. The van der Waals surface area contributed by atoms with Crippen LogP contribution in [0.1, 0.15) is 0 Å². The summed E-state index contributed by atoms with van der Waals surface area (Å²) in [7, 11) is 0. The van der Waals surface area contributed by atoms with Crippen molar-refractivity contribution in [3.05, 3.63) is 231 Å². The molecule has 0 bridgehead atoms. The van der Waals surface area contributed by atoms with E-state index in [1.807, 2.05) is 0 Å². The molecule has 1 aromatic heterocycles. The molecule has 2 nitrogen and oxygen atoms in total. The molecule has 0 saturated heterocycles. The third-order valence-corrected chi connectivity index (χ3v) is 11.6. The fraction of sp³-hybridized carbons (Fsp3) is 0. The number of fused-ring (bicyclic) bond motifs is 5. The molecule has 0 aliphatic carbocycles. The van der Waals surface area contributed by atoms with Crippen LogP contribution in [-0.4, -0.2) is 4.57 Å². The summed E-state index contributed by atoms with van der Waals surface area (Å²) in [6.07, 6.45) is 0. The second-order valence-corrected chi connectivity index (χ2v) is 15.0. The van der Waals surface area contributed by atoms with Crippen molar-refractivity contribution in [3.8, 4) is 39.1 Å². The number of aromatic nitrogens is 1. The Balaban J connectivity index is 0.968. The maximum atomic E-state index is 2.40. The molecule has 0 N–H and O–H groups in total. The van der Waals surface area contributed by atoms with Crippen molar-refractivity contribution in [2.45, 2.75) is 0 Å². The van der Waals surface area contributed by atoms with E-state index in [2.05, 4.69) is 240 Å². The quantitative estimate of drug-likeness (QED) is 0.158. The van der Waals surface area contributed by atoms with Crippen molar-refractivity contribution in [1.29, 1.82) is 0 Å². The highest BCUT2D eigenvalue weighted by molar-refractivity contribution is 6.13. The minimum Gasteiger partial charge on any atom is -0.310 e. The molecule has 11 aromatic rings. The summed E-state index contributed by atoms with van der Waals surface area (Å²) in [4.78, 5) is 2.36. The highest BCUT2D eigenvalue weighted by Crippen LogP contribution is 2.40. The molecule has 11 rings (SSSR count). The first-order valence-corrected chi connectivity index (χ1v) is 19.9. The number of benzene rings is 10. The van der Waals surface area contributed by atoms with Gasteiger partial charge in [-0.3, -0.25) is 0 Å². The summed E-state index contributed by atoms with van der Waals surface area (Å²) in [6.45, 7) is 0. The van der Waals surface area contributed by atoms with Gasteiger partial charge in [-0.15, -0.1) is 0 Å². The van der Waals surface area contributed by atoms with E-state index in [1.165, 1.54) is 76.7 Å². The number of hydrogen-bond acceptors (Lipinski definition) is 1. The Bertz CT molecular complexity index is 3240. The molecule has 0 aliphatic heterocycles. The molecule has 0 radical (unpaired) electrons. The minimum atomic E-state index is 1.10. The second-order valence-electron chi connectivity index (χ2n) is 15.0. The van der Waals surface area contributed by atoms with Gasteiger partial charge in [0.05, 0.1) is 11.0 Å². The minimum absolute atomic E-state index is 1.10. The van der Waals surface area contributed by atoms with Gasteiger partial charge in [-0.2, -0.15) is 0 Å². The van der Waals surface area contributed by atoms with Gasteiger partial charge in [0.2, 0.25) is 0 Å². The van der Waals surface area contributed by atoms with E-state index in [-0.39, 0.29) is 0 Å². The van der Waals surface area contributed by atoms with Gasteiger partial charge in [-0.1, -0.05) is 164 Å². The van der Waals surface area contributed by atoms with Crippen LogP contribution in [0.25, 0.3) is 82.4 Å². The molecule has 0 fully saturated rings. The van der Waals surface area contributed by atoms with Crippen molar-refractivity contribution >= 4 is 60.4 Å². The molecule has 58 heavy (non-hydrogen) atoms. The molecule has 0 unspecified atom stereocenters. The van der Waals surface area contributed by atoms with E-state index in [9.17, 15) is 0 Å². The first-order chi connectivity index (χ1) is 28.7. The zero-order valence-corrected chi connectivity index (χ0v) is 31.8. The summed E-state index contributed by atoms with van der Waals surface area (Å²) in [5.41, 5.74) is 14.1. The highest BCUT2D eigenvalue weighted by atomic mass is 15.1. The van der Waals surface area contributed by atoms with E-state index in [4.69, 9.17) is 0 Å². The first kappa shape index (κ1) is 33.6. The Labute approximate surface area is 338 Å². The first-order valence-electron chi connectivity index (χ1n) is 19.9. The average molecular weight is 739 g/mol. The van der Waals surface area contributed by atoms with Crippen molar-refractivity contribution in [2.75, 3.05) is 4.90 Å². The lowest BCUT2D eigenvalue weighted by molar-refractivity contribution is 1.18. The van der Waals surface area contributed by atoms with Crippen molar-refractivity contribution in [1.82, 2.24) is 4.57 Å².